The second-order valence-electron chi connectivity index (χ2n) is 8.49. The number of aromatic nitrogens is 4. The molecule has 2 atom stereocenters. The van der Waals surface area contributed by atoms with Crippen LogP contribution in [0.1, 0.15) is 30.4 Å². The van der Waals surface area contributed by atoms with E-state index in [-0.39, 0.29) is 29.0 Å². The molecule has 0 saturated carbocycles. The van der Waals surface area contributed by atoms with Crippen molar-refractivity contribution in [1.29, 1.82) is 0 Å². The number of hydrogen-bond donors (Lipinski definition) is 2. The molecule has 5 rings (SSSR count). The second kappa shape index (κ2) is 9.54. The summed E-state index contributed by atoms with van der Waals surface area (Å²) < 4.78 is 8.00. The Bertz CT molecular complexity index is 1320. The zero-order valence-corrected chi connectivity index (χ0v) is 21.2. The number of nitrogens with two attached hydrogens (primary N) is 1. The van der Waals surface area contributed by atoms with Gasteiger partial charge in [0.2, 0.25) is 11.5 Å². The zero-order chi connectivity index (χ0) is 25.6. The van der Waals surface area contributed by atoms with Gasteiger partial charge in [0, 0.05) is 28.4 Å². The number of anilines is 1. The molecule has 0 radical (unpaired) electrons. The minimum absolute atomic E-state index is 0.0209. The molecule has 0 aromatic carbocycles. The number of carbonyl (C=O) groups excluding carboxylic acids is 3. The number of rotatable bonds is 8. The summed E-state index contributed by atoms with van der Waals surface area (Å²) in [5.74, 6) is -2.34. The summed E-state index contributed by atoms with van der Waals surface area (Å²) in [6, 6.07) is -0.951. The standard InChI is InChI=1S/C21H24N8O5S2/c1-3-34-25-13(16-24-21(22)36-26-16)17(30)23-14-18(31)29-15(20(32)33)11(9-35-19(14)29)8-28-7-10-5-4-6-12(10)27(28)2/h7,14,19H,3-6,8-9H2,1-2H3,(H3-,22,23,24,26,30,32,33)/t14?,19-/m1/s1. The number of carbonyl (C=O) groups is 3. The van der Waals surface area contributed by atoms with Crippen LogP contribution in [0.25, 0.3) is 0 Å². The minimum Gasteiger partial charge on any atom is -0.543 e. The largest absolute Gasteiger partial charge is 0.543 e. The van der Waals surface area contributed by atoms with Gasteiger partial charge in [-0.05, 0) is 26.2 Å². The monoisotopic (exact) mass is 532 g/mol. The predicted molar refractivity (Wildman–Crippen MR) is 127 cm³/mol. The topological polar surface area (TPSA) is 172 Å². The normalized spacial score (nSPS) is 21.2. The molecule has 2 amide bonds. The van der Waals surface area contributed by atoms with Crippen LogP contribution in [0.4, 0.5) is 5.13 Å². The number of aliphatic carboxylic acids is 1. The molecule has 3 N–H and O–H groups in total. The molecule has 2 aliphatic heterocycles. The van der Waals surface area contributed by atoms with E-state index in [1.807, 2.05) is 22.6 Å². The predicted octanol–water partition coefficient (Wildman–Crippen LogP) is -1.92. The Hall–Kier alpha value is -3.46. The van der Waals surface area contributed by atoms with Crippen LogP contribution in [-0.4, -0.2) is 66.2 Å². The van der Waals surface area contributed by atoms with E-state index in [1.165, 1.54) is 27.9 Å². The number of β-lactam (4-membered cyclic amide) rings is 1. The molecule has 1 unspecified atom stereocenters. The van der Waals surface area contributed by atoms with Gasteiger partial charge >= 0.3 is 0 Å². The van der Waals surface area contributed by atoms with Gasteiger partial charge in [-0.3, -0.25) is 14.5 Å². The minimum atomic E-state index is -1.42. The molecule has 15 heteroatoms. The highest BCUT2D eigenvalue weighted by atomic mass is 32.2. The van der Waals surface area contributed by atoms with Crippen LogP contribution in [0, 0.1) is 0 Å². The fourth-order valence-corrected chi connectivity index (χ4v) is 6.45. The van der Waals surface area contributed by atoms with Gasteiger partial charge in [-0.25, -0.2) is 0 Å². The zero-order valence-electron chi connectivity index (χ0n) is 19.6. The molecule has 1 aliphatic carbocycles. The van der Waals surface area contributed by atoms with Crippen molar-refractivity contribution in [1.82, 2.24) is 24.3 Å². The fourth-order valence-electron chi connectivity index (χ4n) is 4.68. The summed E-state index contributed by atoms with van der Waals surface area (Å²) in [7, 11) is 1.95. The van der Waals surface area contributed by atoms with Gasteiger partial charge in [0.05, 0.1) is 24.4 Å². The second-order valence-corrected chi connectivity index (χ2v) is 10.4. The Balaban J connectivity index is 1.35. The first kappa shape index (κ1) is 24.2. The van der Waals surface area contributed by atoms with Crippen LogP contribution in [0.2, 0.25) is 0 Å². The van der Waals surface area contributed by atoms with Gasteiger partial charge in [0.25, 0.3) is 11.8 Å². The number of oxime groups is 1. The first-order valence-electron chi connectivity index (χ1n) is 11.4. The molecule has 36 heavy (non-hydrogen) atoms. The van der Waals surface area contributed by atoms with E-state index in [2.05, 4.69) is 19.8 Å². The van der Waals surface area contributed by atoms with Crippen molar-refractivity contribution in [2.24, 2.45) is 12.2 Å². The molecule has 3 aliphatic rings. The van der Waals surface area contributed by atoms with Gasteiger partial charge in [0.15, 0.2) is 17.9 Å². The molecule has 13 nitrogen and oxygen atoms in total. The SMILES string of the molecule is CCON=C(C(=O)NC1C(=O)N2C(C(=O)[O-])=C(C[n+]3cc4c(n3C)CCC4)CS[C@H]12)c1nsc(N)n1. The van der Waals surface area contributed by atoms with E-state index < -0.39 is 29.2 Å². The summed E-state index contributed by atoms with van der Waals surface area (Å²) in [5.41, 5.74) is 8.35. The molecule has 1 saturated heterocycles. The van der Waals surface area contributed by atoms with Gasteiger partial charge in [-0.2, -0.15) is 14.0 Å². The number of thioether (sulfide) groups is 1. The van der Waals surface area contributed by atoms with Crippen molar-refractivity contribution in [3.63, 3.8) is 0 Å². The Morgan fingerprint density at radius 3 is 2.89 bits per heavy atom. The number of aryl methyl sites for hydroxylation is 1. The number of hydrogen-bond acceptors (Lipinski definition) is 11. The molecule has 1 fully saturated rings. The van der Waals surface area contributed by atoms with Crippen LogP contribution in [0.3, 0.4) is 0 Å². The first-order chi connectivity index (χ1) is 17.3. The van der Waals surface area contributed by atoms with E-state index in [4.69, 9.17) is 10.6 Å². The lowest BCUT2D eigenvalue weighted by atomic mass is 10.0. The highest BCUT2D eigenvalue weighted by Crippen LogP contribution is 2.40. The van der Waals surface area contributed by atoms with Crippen LogP contribution < -0.4 is 20.8 Å². The maximum atomic E-state index is 13.0. The highest BCUT2D eigenvalue weighted by molar-refractivity contribution is 8.00. The molecule has 4 heterocycles. The highest BCUT2D eigenvalue weighted by Gasteiger charge is 2.53. The molecule has 0 bridgehead atoms. The molecular formula is C21H24N8O5S2. The maximum Gasteiger partial charge on any atom is 0.278 e. The van der Waals surface area contributed by atoms with Gasteiger partial charge in [-0.15, -0.1) is 16.4 Å². The summed E-state index contributed by atoms with van der Waals surface area (Å²) in [6.45, 7) is 2.23. The molecule has 0 spiro atoms. The Labute approximate surface area is 214 Å². The first-order valence-corrected chi connectivity index (χ1v) is 13.2. The van der Waals surface area contributed by atoms with Crippen LogP contribution >= 0.6 is 23.3 Å². The van der Waals surface area contributed by atoms with Crippen molar-refractivity contribution in [2.75, 3.05) is 18.1 Å². The van der Waals surface area contributed by atoms with E-state index >= 15 is 0 Å². The average Bonchev–Trinajstić information content (AvgIpc) is 3.56. The van der Waals surface area contributed by atoms with E-state index in [0.29, 0.717) is 17.9 Å². The van der Waals surface area contributed by atoms with Gasteiger partial charge in [-0.1, -0.05) is 5.16 Å². The Kier molecular flexibility index (Phi) is 6.42. The van der Waals surface area contributed by atoms with E-state index in [0.717, 1.165) is 30.8 Å². The number of nitrogens with zero attached hydrogens (tertiary/aromatic N) is 6. The van der Waals surface area contributed by atoms with Crippen LogP contribution in [0.5, 0.6) is 0 Å². The smallest absolute Gasteiger partial charge is 0.278 e. The van der Waals surface area contributed by atoms with Crippen molar-refractivity contribution in [3.05, 3.63) is 34.5 Å². The third-order valence-corrected chi connectivity index (χ3v) is 8.23. The molecule has 190 valence electrons. The Morgan fingerprint density at radius 1 is 1.42 bits per heavy atom. The van der Waals surface area contributed by atoms with Crippen LogP contribution in [-0.2, 0) is 45.7 Å². The average molecular weight is 533 g/mol. The lowest BCUT2D eigenvalue weighted by molar-refractivity contribution is -0.767. The van der Waals surface area contributed by atoms with Crippen molar-refractivity contribution in [3.8, 4) is 0 Å². The number of carboxylic acid groups (broad SMARTS) is 1. The number of nitrogens with one attached hydrogen (secondary N) is 1. The van der Waals surface area contributed by atoms with Crippen molar-refractivity contribution in [2.45, 2.75) is 44.1 Å². The van der Waals surface area contributed by atoms with Gasteiger partial charge < -0.3 is 25.8 Å². The lowest BCUT2D eigenvalue weighted by Crippen LogP contribution is -2.71. The third kappa shape index (κ3) is 4.11. The quantitative estimate of drug-likeness (QED) is 0.170. The summed E-state index contributed by atoms with van der Waals surface area (Å²) in [6.07, 6.45) is 5.15. The number of nitrogen functional groups attached to an aromatic ring is 1. The lowest BCUT2D eigenvalue weighted by Gasteiger charge is -2.50. The molecule has 2 aromatic rings. The van der Waals surface area contributed by atoms with Crippen molar-refractivity contribution < 1.29 is 29.0 Å². The molecular weight excluding hydrogens is 508 g/mol. The Morgan fingerprint density at radius 2 is 2.22 bits per heavy atom. The maximum absolute atomic E-state index is 13.0. The van der Waals surface area contributed by atoms with Gasteiger partial charge in [0.1, 0.15) is 18.0 Å². The van der Waals surface area contributed by atoms with Crippen molar-refractivity contribution >= 4 is 51.9 Å². The summed E-state index contributed by atoms with van der Waals surface area (Å²) >= 11 is 2.27. The molecule has 2 aromatic heterocycles. The summed E-state index contributed by atoms with van der Waals surface area (Å²) in [5, 5.41) is 18.1. The van der Waals surface area contributed by atoms with Crippen LogP contribution in [0.15, 0.2) is 22.6 Å². The number of fused-ring (bicyclic) bond motifs is 2. The third-order valence-electron chi connectivity index (χ3n) is 6.34. The van der Waals surface area contributed by atoms with E-state index in [1.54, 1.807) is 6.92 Å². The number of amides is 2. The fraction of sp³-hybridized carbons (Fsp3) is 0.476. The van der Waals surface area contributed by atoms with E-state index in [9.17, 15) is 19.5 Å². The summed E-state index contributed by atoms with van der Waals surface area (Å²) in [4.78, 5) is 48.3. The number of carboxylic acids is 1.